The van der Waals surface area contributed by atoms with Crippen LogP contribution in [-0.2, 0) is 6.42 Å². The van der Waals surface area contributed by atoms with Gasteiger partial charge in [0, 0.05) is 13.0 Å². The molecule has 0 saturated carbocycles. The van der Waals surface area contributed by atoms with Crippen LogP contribution in [0.4, 0.5) is 0 Å². The number of nitrogens with one attached hydrogen (secondary N) is 2. The molecule has 98 valence electrons. The number of benzene rings is 1. The maximum Gasteiger partial charge on any atom is 0.108 e. The van der Waals surface area contributed by atoms with E-state index >= 15 is 0 Å². The Balaban J connectivity index is 2.07. The second-order valence-corrected chi connectivity index (χ2v) is 5.11. The summed E-state index contributed by atoms with van der Waals surface area (Å²) in [6, 6.07) is 6.51. The van der Waals surface area contributed by atoms with Gasteiger partial charge < -0.3 is 10.3 Å². The van der Waals surface area contributed by atoms with Gasteiger partial charge in [-0.3, -0.25) is 0 Å². The van der Waals surface area contributed by atoms with Gasteiger partial charge in [0.05, 0.1) is 11.0 Å². The minimum atomic E-state index is 0.562. The standard InChI is InChI=1S/C15H23N3/c1-4-8-16-9-7-15-17-13-6-5-12(11(2)3)10-14(13)18-15/h5-6,10-11,16H,4,7-9H2,1-3H3,(H,17,18). The molecule has 2 rings (SSSR count). The third-order valence-corrected chi connectivity index (χ3v) is 3.19. The summed E-state index contributed by atoms with van der Waals surface area (Å²) in [6.45, 7) is 8.68. The lowest BCUT2D eigenvalue weighted by molar-refractivity contribution is 0.661. The van der Waals surface area contributed by atoms with Crippen molar-refractivity contribution in [3.8, 4) is 0 Å². The molecule has 1 heterocycles. The molecular weight excluding hydrogens is 222 g/mol. The predicted octanol–water partition coefficient (Wildman–Crippen LogP) is 3.23. The Morgan fingerprint density at radius 3 is 2.83 bits per heavy atom. The summed E-state index contributed by atoms with van der Waals surface area (Å²) in [4.78, 5) is 8.03. The Kier molecular flexibility index (Phi) is 4.37. The van der Waals surface area contributed by atoms with Gasteiger partial charge >= 0.3 is 0 Å². The van der Waals surface area contributed by atoms with Gasteiger partial charge in [-0.05, 0) is 36.6 Å². The first-order valence-corrected chi connectivity index (χ1v) is 6.90. The van der Waals surface area contributed by atoms with Crippen molar-refractivity contribution < 1.29 is 0 Å². The number of imidazole rings is 1. The summed E-state index contributed by atoms with van der Waals surface area (Å²) in [6.07, 6.45) is 2.14. The largest absolute Gasteiger partial charge is 0.342 e. The van der Waals surface area contributed by atoms with Crippen molar-refractivity contribution in [2.24, 2.45) is 0 Å². The first-order valence-electron chi connectivity index (χ1n) is 6.90. The molecule has 3 nitrogen and oxygen atoms in total. The molecule has 0 radical (unpaired) electrons. The van der Waals surface area contributed by atoms with Gasteiger partial charge in [0.2, 0.25) is 0 Å². The summed E-state index contributed by atoms with van der Waals surface area (Å²) in [5, 5.41) is 3.40. The van der Waals surface area contributed by atoms with Crippen molar-refractivity contribution in [3.63, 3.8) is 0 Å². The Labute approximate surface area is 109 Å². The van der Waals surface area contributed by atoms with Crippen LogP contribution in [0.1, 0.15) is 44.5 Å². The normalized spacial score (nSPS) is 11.6. The summed E-state index contributed by atoms with van der Waals surface area (Å²) in [7, 11) is 0. The molecule has 0 saturated heterocycles. The zero-order chi connectivity index (χ0) is 13.0. The van der Waals surface area contributed by atoms with E-state index < -0.39 is 0 Å². The molecule has 3 heteroatoms. The van der Waals surface area contributed by atoms with E-state index in [0.29, 0.717) is 5.92 Å². The fraction of sp³-hybridized carbons (Fsp3) is 0.533. The maximum absolute atomic E-state index is 4.62. The van der Waals surface area contributed by atoms with E-state index in [4.69, 9.17) is 0 Å². The monoisotopic (exact) mass is 245 g/mol. The third kappa shape index (κ3) is 3.10. The molecule has 18 heavy (non-hydrogen) atoms. The van der Waals surface area contributed by atoms with E-state index in [9.17, 15) is 0 Å². The van der Waals surface area contributed by atoms with Gasteiger partial charge in [0.25, 0.3) is 0 Å². The Morgan fingerprint density at radius 2 is 2.11 bits per heavy atom. The van der Waals surface area contributed by atoms with E-state index in [1.807, 2.05) is 0 Å². The summed E-state index contributed by atoms with van der Waals surface area (Å²) in [5.41, 5.74) is 3.60. The first kappa shape index (κ1) is 13.1. The van der Waals surface area contributed by atoms with Crippen molar-refractivity contribution >= 4 is 11.0 Å². The van der Waals surface area contributed by atoms with Crippen LogP contribution in [-0.4, -0.2) is 23.1 Å². The van der Waals surface area contributed by atoms with Crippen molar-refractivity contribution in [1.82, 2.24) is 15.3 Å². The average molecular weight is 245 g/mol. The van der Waals surface area contributed by atoms with Crippen molar-refractivity contribution in [1.29, 1.82) is 0 Å². The highest BCUT2D eigenvalue weighted by Crippen LogP contribution is 2.19. The number of aromatic amines is 1. The molecule has 0 fully saturated rings. The molecule has 0 unspecified atom stereocenters. The lowest BCUT2D eigenvalue weighted by Crippen LogP contribution is -2.18. The van der Waals surface area contributed by atoms with Crippen LogP contribution in [0.25, 0.3) is 11.0 Å². The van der Waals surface area contributed by atoms with Crippen molar-refractivity contribution in [2.45, 2.75) is 39.5 Å². The van der Waals surface area contributed by atoms with E-state index in [0.717, 1.165) is 36.4 Å². The predicted molar refractivity (Wildman–Crippen MR) is 77.0 cm³/mol. The molecule has 0 spiro atoms. The molecular formula is C15H23N3. The summed E-state index contributed by atoms with van der Waals surface area (Å²) in [5.74, 6) is 1.64. The lowest BCUT2D eigenvalue weighted by atomic mass is 10.0. The molecule has 0 aliphatic rings. The van der Waals surface area contributed by atoms with Crippen LogP contribution < -0.4 is 5.32 Å². The van der Waals surface area contributed by atoms with Crippen LogP contribution in [0.3, 0.4) is 0 Å². The number of fused-ring (bicyclic) bond motifs is 1. The molecule has 0 aliphatic carbocycles. The fourth-order valence-electron chi connectivity index (χ4n) is 2.07. The molecule has 0 atom stereocenters. The first-order chi connectivity index (χ1) is 8.70. The zero-order valence-corrected chi connectivity index (χ0v) is 11.6. The molecule has 0 aliphatic heterocycles. The van der Waals surface area contributed by atoms with Gasteiger partial charge in [-0.15, -0.1) is 0 Å². The van der Waals surface area contributed by atoms with Crippen molar-refractivity contribution in [2.75, 3.05) is 13.1 Å². The Bertz CT molecular complexity index is 499. The van der Waals surface area contributed by atoms with Crippen LogP contribution in [0.15, 0.2) is 18.2 Å². The number of H-pyrrole nitrogens is 1. The number of hydrogen-bond acceptors (Lipinski definition) is 2. The lowest BCUT2D eigenvalue weighted by Gasteiger charge is -2.03. The zero-order valence-electron chi connectivity index (χ0n) is 11.6. The second-order valence-electron chi connectivity index (χ2n) is 5.11. The van der Waals surface area contributed by atoms with Gasteiger partial charge in [0.15, 0.2) is 0 Å². The third-order valence-electron chi connectivity index (χ3n) is 3.19. The number of aromatic nitrogens is 2. The van der Waals surface area contributed by atoms with Crippen LogP contribution in [0, 0.1) is 0 Å². The second kappa shape index (κ2) is 6.01. The number of hydrogen-bond donors (Lipinski definition) is 2. The summed E-state index contributed by atoms with van der Waals surface area (Å²) < 4.78 is 0. The highest BCUT2D eigenvalue weighted by Gasteiger charge is 2.05. The Morgan fingerprint density at radius 1 is 1.28 bits per heavy atom. The van der Waals surface area contributed by atoms with Crippen LogP contribution in [0.5, 0.6) is 0 Å². The minimum absolute atomic E-state index is 0.562. The molecule has 0 amide bonds. The van der Waals surface area contributed by atoms with Gasteiger partial charge in [-0.2, -0.15) is 0 Å². The Hall–Kier alpha value is -1.35. The van der Waals surface area contributed by atoms with Crippen LogP contribution in [0.2, 0.25) is 0 Å². The van der Waals surface area contributed by atoms with E-state index in [1.54, 1.807) is 0 Å². The highest BCUT2D eigenvalue weighted by molar-refractivity contribution is 5.76. The quantitative estimate of drug-likeness (QED) is 0.767. The number of nitrogens with zero attached hydrogens (tertiary/aromatic N) is 1. The van der Waals surface area contributed by atoms with Crippen molar-refractivity contribution in [3.05, 3.63) is 29.6 Å². The molecule has 2 N–H and O–H groups in total. The maximum atomic E-state index is 4.62. The highest BCUT2D eigenvalue weighted by atomic mass is 14.9. The smallest absolute Gasteiger partial charge is 0.108 e. The summed E-state index contributed by atoms with van der Waals surface area (Å²) >= 11 is 0. The minimum Gasteiger partial charge on any atom is -0.342 e. The van der Waals surface area contributed by atoms with E-state index in [2.05, 4.69) is 54.3 Å². The van der Waals surface area contributed by atoms with E-state index in [1.165, 1.54) is 12.0 Å². The fourth-order valence-corrected chi connectivity index (χ4v) is 2.07. The number of rotatable bonds is 6. The van der Waals surface area contributed by atoms with Gasteiger partial charge in [-0.1, -0.05) is 26.8 Å². The molecule has 0 bridgehead atoms. The molecule has 1 aromatic heterocycles. The SMILES string of the molecule is CCCNCCc1nc2ccc(C(C)C)cc2[nH]1. The van der Waals surface area contributed by atoms with E-state index in [-0.39, 0.29) is 0 Å². The molecule has 2 aromatic rings. The average Bonchev–Trinajstić information content (AvgIpc) is 2.76. The van der Waals surface area contributed by atoms with Gasteiger partial charge in [-0.25, -0.2) is 4.98 Å². The van der Waals surface area contributed by atoms with Crippen LogP contribution >= 0.6 is 0 Å². The topological polar surface area (TPSA) is 40.7 Å². The van der Waals surface area contributed by atoms with Gasteiger partial charge in [0.1, 0.15) is 5.82 Å². The molecule has 1 aromatic carbocycles.